The Morgan fingerprint density at radius 1 is 0.491 bits per heavy atom. The third kappa shape index (κ3) is 35.2. The van der Waals surface area contributed by atoms with E-state index in [9.17, 15) is 22.6 Å². The maximum Gasteiger partial charge on any atom is 1.00 e. The molecule has 1 aromatic rings. The fraction of sp³-hybridized carbons (Fsp3) is 0.814. The second-order valence-corrected chi connectivity index (χ2v) is 16.1. The Balaban J connectivity index is 0.0000270. The summed E-state index contributed by atoms with van der Waals surface area (Å²) in [6.45, 7) is 4.04. The van der Waals surface area contributed by atoms with Gasteiger partial charge in [-0.3, -0.25) is 13.8 Å². The topological polar surface area (TPSA) is 125 Å². The molecule has 0 aliphatic carbocycles. The van der Waals surface area contributed by atoms with E-state index in [4.69, 9.17) is 0 Å². The number of amides is 2. The van der Waals surface area contributed by atoms with Crippen LogP contribution in [0.1, 0.15) is 225 Å². The predicted molar refractivity (Wildman–Crippen MR) is 217 cm³/mol. The number of nitrogens with one attached hydrogen (secondary N) is 2. The third-order valence-electron chi connectivity index (χ3n) is 9.95. The van der Waals surface area contributed by atoms with Crippen LogP contribution in [-0.2, 0) is 30.8 Å². The molecular weight excluding hydrogens is 696 g/mol. The molecule has 0 bridgehead atoms. The van der Waals surface area contributed by atoms with Crippen LogP contribution in [0, 0.1) is 0 Å². The van der Waals surface area contributed by atoms with Crippen molar-refractivity contribution < 1.29 is 56.3 Å². The molecule has 8 nitrogen and oxygen atoms in total. The van der Waals surface area contributed by atoms with Crippen molar-refractivity contribution in [1.29, 1.82) is 0 Å². The van der Waals surface area contributed by atoms with Crippen LogP contribution in [0.5, 0.6) is 0 Å². The van der Waals surface area contributed by atoms with Gasteiger partial charge in [0.15, 0.2) is 0 Å². The van der Waals surface area contributed by atoms with E-state index in [-0.39, 0.29) is 41.4 Å². The summed E-state index contributed by atoms with van der Waals surface area (Å²) in [6.07, 6.45) is 38.6. The predicted octanol–water partition coefficient (Wildman–Crippen LogP) is 10.1. The largest absolute Gasteiger partial charge is 1.00 e. The van der Waals surface area contributed by atoms with Crippen LogP contribution in [0.25, 0.3) is 0 Å². The van der Waals surface area contributed by atoms with Gasteiger partial charge in [-0.25, -0.2) is 8.42 Å². The first kappa shape index (κ1) is 52.0. The van der Waals surface area contributed by atoms with Gasteiger partial charge < -0.3 is 15.2 Å². The summed E-state index contributed by atoms with van der Waals surface area (Å²) < 4.78 is 37.6. The van der Waals surface area contributed by atoms with Gasteiger partial charge in [0, 0.05) is 24.2 Å². The first-order valence-electron chi connectivity index (χ1n) is 21.6. The third-order valence-corrected chi connectivity index (χ3v) is 10.4. The molecule has 1 rings (SSSR count). The molecule has 53 heavy (non-hydrogen) atoms. The van der Waals surface area contributed by atoms with Crippen LogP contribution in [0.2, 0.25) is 0 Å². The first-order valence-corrected chi connectivity index (χ1v) is 22.9. The molecule has 10 heteroatoms. The van der Waals surface area contributed by atoms with Crippen molar-refractivity contribution in [1.82, 2.24) is 0 Å². The molecule has 302 valence electrons. The van der Waals surface area contributed by atoms with Gasteiger partial charge in [0.05, 0.1) is 6.61 Å². The number of benzene rings is 1. The molecule has 0 unspecified atom stereocenters. The van der Waals surface area contributed by atoms with Gasteiger partial charge in [0.1, 0.15) is 0 Å². The normalized spacial score (nSPS) is 11.4. The van der Waals surface area contributed by atoms with Crippen molar-refractivity contribution in [2.75, 3.05) is 10.6 Å². The smallest absolute Gasteiger partial charge is 0.726 e. The fourth-order valence-electron chi connectivity index (χ4n) is 6.82. The summed E-state index contributed by atoms with van der Waals surface area (Å²) in [6, 6.07) is 4.80. The maximum atomic E-state index is 12.7. The minimum atomic E-state index is -4.89. The summed E-state index contributed by atoms with van der Waals surface area (Å²) in [5.74, 6) is -0.279. The van der Waals surface area contributed by atoms with Crippen LogP contribution in [0.15, 0.2) is 18.2 Å². The minimum absolute atomic E-state index is 0. The minimum Gasteiger partial charge on any atom is -0.726 e. The summed E-state index contributed by atoms with van der Waals surface area (Å²) in [7, 11) is -4.89. The van der Waals surface area contributed by atoms with Crippen LogP contribution in [0.3, 0.4) is 0 Å². The van der Waals surface area contributed by atoms with Gasteiger partial charge in [-0.2, -0.15) is 0 Å². The van der Waals surface area contributed by atoms with Crippen molar-refractivity contribution >= 4 is 33.6 Å². The van der Waals surface area contributed by atoms with E-state index in [1.807, 2.05) is 0 Å². The van der Waals surface area contributed by atoms with Crippen LogP contribution >= 0.6 is 0 Å². The average molecular weight is 773 g/mol. The van der Waals surface area contributed by atoms with Gasteiger partial charge in [-0.05, 0) is 36.6 Å². The Kier molecular flexibility index (Phi) is 36.0. The molecule has 0 atom stereocenters. The number of unbranched alkanes of at least 4 members (excludes halogenated alkanes) is 28. The molecule has 0 radical (unpaired) electrons. The maximum absolute atomic E-state index is 12.7. The zero-order valence-corrected chi connectivity index (χ0v) is 37.2. The zero-order chi connectivity index (χ0) is 38.0. The van der Waals surface area contributed by atoms with Gasteiger partial charge in [0.25, 0.3) is 0 Å². The summed E-state index contributed by atoms with van der Waals surface area (Å²) in [5, 5.41) is 5.74. The van der Waals surface area contributed by atoms with Gasteiger partial charge in [0.2, 0.25) is 22.2 Å². The van der Waals surface area contributed by atoms with Crippen LogP contribution in [-0.4, -0.2) is 24.8 Å². The fourth-order valence-corrected chi connectivity index (χ4v) is 7.10. The Hall–Kier alpha value is -0.970. The van der Waals surface area contributed by atoms with Gasteiger partial charge in [-0.1, -0.05) is 194 Å². The van der Waals surface area contributed by atoms with E-state index >= 15 is 0 Å². The van der Waals surface area contributed by atoms with Gasteiger partial charge >= 0.3 is 29.6 Å². The van der Waals surface area contributed by atoms with Gasteiger partial charge in [-0.15, -0.1) is 0 Å². The molecule has 2 N–H and O–H groups in total. The Morgan fingerprint density at radius 3 is 1.02 bits per heavy atom. The first-order chi connectivity index (χ1) is 25.2. The Morgan fingerprint density at radius 2 is 0.755 bits per heavy atom. The SMILES string of the molecule is CCCCCCCCCCCCCCCCCC(=O)Nc1cc(COS(=O)(=O)[O-])cc(NC(=O)CCCCCCCCCCCCCCCCC)c1.[Na+]. The van der Waals surface area contributed by atoms with E-state index in [2.05, 4.69) is 28.7 Å². The molecule has 1 aromatic carbocycles. The van der Waals surface area contributed by atoms with Crippen LogP contribution < -0.4 is 40.2 Å². The summed E-state index contributed by atoms with van der Waals surface area (Å²) in [5.41, 5.74) is 1.22. The quantitative estimate of drug-likeness (QED) is 0.0300. The molecule has 0 saturated heterocycles. The molecule has 0 fully saturated rings. The zero-order valence-electron chi connectivity index (χ0n) is 34.4. The second kappa shape index (κ2) is 36.7. The number of carbonyl (C=O) groups is 2. The van der Waals surface area contributed by atoms with E-state index in [0.29, 0.717) is 29.8 Å². The van der Waals surface area contributed by atoms with E-state index in [0.717, 1.165) is 38.5 Å². The molecule has 0 spiro atoms. The van der Waals surface area contributed by atoms with E-state index < -0.39 is 17.0 Å². The molecule has 0 aliphatic heterocycles. The van der Waals surface area contributed by atoms with Crippen LogP contribution in [0.4, 0.5) is 11.4 Å². The molecular formula is C43H77N2NaO6S. The molecule has 0 heterocycles. The van der Waals surface area contributed by atoms with Crippen molar-refractivity contribution in [2.24, 2.45) is 0 Å². The summed E-state index contributed by atoms with van der Waals surface area (Å²) in [4.78, 5) is 25.4. The number of hydrogen-bond acceptors (Lipinski definition) is 6. The molecule has 0 aliphatic rings. The monoisotopic (exact) mass is 773 g/mol. The summed E-state index contributed by atoms with van der Waals surface area (Å²) >= 11 is 0. The van der Waals surface area contributed by atoms with Crippen molar-refractivity contribution in [3.63, 3.8) is 0 Å². The van der Waals surface area contributed by atoms with Crippen molar-refractivity contribution in [2.45, 2.75) is 226 Å². The van der Waals surface area contributed by atoms with E-state index in [1.165, 1.54) is 154 Å². The standard InChI is InChI=1S/C43H78N2O6S.Na/c1-3-5-7-9-11-13-15-17-19-21-23-25-27-29-31-33-42(46)44-40-35-39(38-51-52(48,49)50)36-41(37-40)45-43(47)34-32-30-28-26-24-22-20-18-16-14-12-10-8-6-4-2;/h35-37H,3-34,38H2,1-2H3,(H,44,46)(H,45,47)(H,48,49,50);/q;+1/p-1. The Bertz CT molecular complexity index is 1070. The van der Waals surface area contributed by atoms with E-state index in [1.54, 1.807) is 18.2 Å². The number of rotatable bonds is 37. The average Bonchev–Trinajstić information content (AvgIpc) is 3.10. The number of hydrogen-bond donors (Lipinski definition) is 2. The van der Waals surface area contributed by atoms with Crippen molar-refractivity contribution in [3.8, 4) is 0 Å². The Labute approximate surface area is 348 Å². The number of anilines is 2. The second-order valence-electron chi connectivity index (χ2n) is 15.1. The van der Waals surface area contributed by atoms with Crippen molar-refractivity contribution in [3.05, 3.63) is 23.8 Å². The molecule has 2 amide bonds. The molecule has 0 aromatic heterocycles. The molecule has 0 saturated carbocycles. The number of carbonyl (C=O) groups excluding carboxylic acids is 2.